The van der Waals surface area contributed by atoms with Gasteiger partial charge in [0.1, 0.15) is 0 Å². The number of anilines is 2. The number of hydrogen-bond acceptors (Lipinski definition) is 1. The summed E-state index contributed by atoms with van der Waals surface area (Å²) in [6.45, 7) is 7.35. The third-order valence-electron chi connectivity index (χ3n) is 13.7. The van der Waals surface area contributed by atoms with Crippen molar-refractivity contribution >= 4 is 16.9 Å². The van der Waals surface area contributed by atoms with E-state index in [-0.39, 0.29) is 5.41 Å². The Morgan fingerprint density at radius 1 is 0.614 bits per heavy atom. The summed E-state index contributed by atoms with van der Waals surface area (Å²) in [6.07, 6.45) is 25.6. The highest BCUT2D eigenvalue weighted by Crippen LogP contribution is 2.63. The van der Waals surface area contributed by atoms with Crippen LogP contribution in [0.4, 0.5) is 11.4 Å². The van der Waals surface area contributed by atoms with Gasteiger partial charge in [-0.1, -0.05) is 179 Å². The van der Waals surface area contributed by atoms with E-state index in [2.05, 4.69) is 214 Å². The Balaban J connectivity index is 1.17. The molecule has 5 aromatic carbocycles. The van der Waals surface area contributed by atoms with Gasteiger partial charge in [0.05, 0.1) is 5.41 Å². The molecule has 5 aliphatic rings. The number of benzene rings is 5. The fourth-order valence-corrected chi connectivity index (χ4v) is 10.7. The zero-order valence-electron chi connectivity index (χ0n) is 33.4. The molecular formula is C56H51N. The highest BCUT2D eigenvalue weighted by Gasteiger charge is 2.52. The molecule has 0 saturated heterocycles. The van der Waals surface area contributed by atoms with Gasteiger partial charge in [0, 0.05) is 17.1 Å². The summed E-state index contributed by atoms with van der Waals surface area (Å²) >= 11 is 0. The molecule has 0 N–H and O–H groups in total. The van der Waals surface area contributed by atoms with Crippen LogP contribution in [-0.2, 0) is 11.8 Å². The first kappa shape index (κ1) is 35.5. The summed E-state index contributed by atoms with van der Waals surface area (Å²) in [5, 5.41) is 0. The molecule has 0 spiro atoms. The van der Waals surface area contributed by atoms with Crippen LogP contribution in [0.5, 0.6) is 0 Å². The lowest BCUT2D eigenvalue weighted by molar-refractivity contribution is 0.308. The van der Waals surface area contributed by atoms with Gasteiger partial charge < -0.3 is 4.90 Å². The number of allylic oxidation sites excluding steroid dienone is 13. The van der Waals surface area contributed by atoms with Gasteiger partial charge in [-0.25, -0.2) is 0 Å². The van der Waals surface area contributed by atoms with E-state index in [9.17, 15) is 0 Å². The molecule has 0 heterocycles. The lowest BCUT2D eigenvalue weighted by atomic mass is 9.62. The topological polar surface area (TPSA) is 3.24 Å². The molecule has 0 radical (unpaired) electrons. The predicted molar refractivity (Wildman–Crippen MR) is 240 cm³/mol. The van der Waals surface area contributed by atoms with E-state index < -0.39 is 5.41 Å². The molecule has 0 saturated carbocycles. The summed E-state index contributed by atoms with van der Waals surface area (Å²) in [7, 11) is 0. The quantitative estimate of drug-likeness (QED) is 0.161. The zero-order valence-corrected chi connectivity index (χ0v) is 33.4. The van der Waals surface area contributed by atoms with Crippen LogP contribution in [0, 0.1) is 23.2 Å². The average Bonchev–Trinajstić information content (AvgIpc) is 3.60. The van der Waals surface area contributed by atoms with Crippen molar-refractivity contribution in [2.45, 2.75) is 51.9 Å². The Morgan fingerprint density at radius 3 is 1.93 bits per heavy atom. The normalized spacial score (nSPS) is 24.2. The first-order valence-corrected chi connectivity index (χ1v) is 21.0. The zero-order chi connectivity index (χ0) is 38.6. The molecule has 0 bridgehead atoms. The van der Waals surface area contributed by atoms with Crippen LogP contribution >= 0.6 is 0 Å². The molecule has 10 rings (SSSR count). The van der Waals surface area contributed by atoms with Crippen molar-refractivity contribution in [3.05, 3.63) is 233 Å². The minimum atomic E-state index is -0.420. The van der Waals surface area contributed by atoms with E-state index in [1.54, 1.807) is 11.1 Å². The summed E-state index contributed by atoms with van der Waals surface area (Å²) in [6, 6.07) is 50.0. The molecular weight excluding hydrogens is 687 g/mol. The van der Waals surface area contributed by atoms with Crippen molar-refractivity contribution in [2.24, 2.45) is 23.2 Å². The van der Waals surface area contributed by atoms with E-state index in [1.165, 1.54) is 61.6 Å². The Bertz CT molecular complexity index is 2500. The van der Waals surface area contributed by atoms with Crippen LogP contribution in [0.25, 0.3) is 16.7 Å². The summed E-state index contributed by atoms with van der Waals surface area (Å²) in [5.41, 5.74) is 17.3. The SMILES string of the molecule is CC1CC=CC2=C1C1=C(c3cc(N(C4=CCC(C)(C5C=CC=CC5)C=C4)c4ccc(-c5ccccc5)cc4)ccc3CC1C)C2(c1ccccc1)c1ccccc1. The molecule has 57 heavy (non-hydrogen) atoms. The first-order chi connectivity index (χ1) is 28.0. The van der Waals surface area contributed by atoms with Gasteiger partial charge in [0.25, 0.3) is 0 Å². The maximum absolute atomic E-state index is 2.55. The van der Waals surface area contributed by atoms with Crippen LogP contribution in [-0.4, -0.2) is 0 Å². The van der Waals surface area contributed by atoms with Crippen molar-refractivity contribution in [1.82, 2.24) is 0 Å². The van der Waals surface area contributed by atoms with E-state index in [4.69, 9.17) is 0 Å². The molecule has 5 aromatic rings. The average molecular weight is 738 g/mol. The second-order valence-electron chi connectivity index (χ2n) is 17.2. The molecule has 0 fully saturated rings. The van der Waals surface area contributed by atoms with Crippen molar-refractivity contribution in [2.75, 3.05) is 4.90 Å². The Hall–Kier alpha value is -5.92. The lowest BCUT2D eigenvalue weighted by Gasteiger charge is -2.40. The minimum absolute atomic E-state index is 0.0725. The molecule has 1 heteroatoms. The maximum atomic E-state index is 2.55. The fraction of sp³-hybridized carbons (Fsp3) is 0.214. The highest BCUT2D eigenvalue weighted by atomic mass is 15.1. The van der Waals surface area contributed by atoms with Gasteiger partial charge in [-0.2, -0.15) is 0 Å². The van der Waals surface area contributed by atoms with Gasteiger partial charge in [-0.3, -0.25) is 0 Å². The van der Waals surface area contributed by atoms with E-state index in [0.717, 1.165) is 25.7 Å². The predicted octanol–water partition coefficient (Wildman–Crippen LogP) is 14.3. The Kier molecular flexibility index (Phi) is 8.86. The van der Waals surface area contributed by atoms with Crippen LogP contribution in [0.2, 0.25) is 0 Å². The number of rotatable bonds is 7. The van der Waals surface area contributed by atoms with Crippen LogP contribution in [0.15, 0.2) is 211 Å². The smallest absolute Gasteiger partial charge is 0.0713 e. The third-order valence-corrected chi connectivity index (χ3v) is 13.7. The molecule has 5 aliphatic carbocycles. The van der Waals surface area contributed by atoms with Gasteiger partial charge in [0.15, 0.2) is 0 Å². The molecule has 280 valence electrons. The lowest BCUT2D eigenvalue weighted by Crippen LogP contribution is -2.32. The van der Waals surface area contributed by atoms with E-state index in [0.29, 0.717) is 17.8 Å². The second-order valence-corrected chi connectivity index (χ2v) is 17.2. The molecule has 1 nitrogen and oxygen atoms in total. The second kappa shape index (κ2) is 14.2. The summed E-state index contributed by atoms with van der Waals surface area (Å²) in [5.74, 6) is 1.36. The van der Waals surface area contributed by atoms with E-state index >= 15 is 0 Å². The Morgan fingerprint density at radius 2 is 1.28 bits per heavy atom. The summed E-state index contributed by atoms with van der Waals surface area (Å²) < 4.78 is 0. The standard InChI is InChI=1S/C56H51N/c1-39-17-16-26-51-52(39)53-40(2)37-43-29-32-49(38-50(43)54(53)56(51,45-22-12-6-13-23-45)46-24-14-7-15-25-46)57(47-30-27-42(28-31-47)41-18-8-4-9-19-41)48-33-35-55(3,36-34-48)44-20-10-5-11-21-44/h4-16,18-20,22-35,38-40,44H,17,21,36-37H2,1-3H3. The van der Waals surface area contributed by atoms with Crippen LogP contribution < -0.4 is 4.90 Å². The summed E-state index contributed by atoms with van der Waals surface area (Å²) in [4.78, 5) is 2.51. The largest absolute Gasteiger partial charge is 0.311 e. The third kappa shape index (κ3) is 5.82. The van der Waals surface area contributed by atoms with Gasteiger partial charge in [0.2, 0.25) is 0 Å². The van der Waals surface area contributed by atoms with Gasteiger partial charge in [-0.15, -0.1) is 0 Å². The van der Waals surface area contributed by atoms with Gasteiger partial charge >= 0.3 is 0 Å². The maximum Gasteiger partial charge on any atom is 0.0713 e. The molecule has 0 aliphatic heterocycles. The molecule has 4 atom stereocenters. The Labute approximate surface area is 339 Å². The minimum Gasteiger partial charge on any atom is -0.311 e. The van der Waals surface area contributed by atoms with Crippen molar-refractivity contribution in [3.8, 4) is 11.1 Å². The van der Waals surface area contributed by atoms with Gasteiger partial charge in [-0.05, 0) is 135 Å². The molecule has 0 aromatic heterocycles. The molecule has 0 amide bonds. The molecule has 4 unspecified atom stereocenters. The number of nitrogens with zero attached hydrogens (tertiary/aromatic N) is 1. The van der Waals surface area contributed by atoms with Crippen molar-refractivity contribution < 1.29 is 0 Å². The van der Waals surface area contributed by atoms with Crippen LogP contribution in [0.3, 0.4) is 0 Å². The van der Waals surface area contributed by atoms with Crippen LogP contribution in [0.1, 0.15) is 62.3 Å². The fourth-order valence-electron chi connectivity index (χ4n) is 10.7. The monoisotopic (exact) mass is 737 g/mol. The van der Waals surface area contributed by atoms with E-state index in [1.807, 2.05) is 0 Å². The van der Waals surface area contributed by atoms with Crippen molar-refractivity contribution in [1.29, 1.82) is 0 Å². The highest BCUT2D eigenvalue weighted by molar-refractivity contribution is 5.97. The number of hydrogen-bond donors (Lipinski definition) is 0. The number of fused-ring (bicyclic) bond motifs is 3. The van der Waals surface area contributed by atoms with Crippen molar-refractivity contribution in [3.63, 3.8) is 0 Å². The first-order valence-electron chi connectivity index (χ1n) is 21.0.